The summed E-state index contributed by atoms with van der Waals surface area (Å²) in [5.41, 5.74) is -0.245. The summed E-state index contributed by atoms with van der Waals surface area (Å²) >= 11 is 8.00. The van der Waals surface area contributed by atoms with Crippen LogP contribution in [-0.4, -0.2) is 11.1 Å². The van der Waals surface area contributed by atoms with Gasteiger partial charge in [0.25, 0.3) is 0 Å². The van der Waals surface area contributed by atoms with Crippen LogP contribution >= 0.6 is 27.5 Å². The molecule has 0 saturated carbocycles. The summed E-state index contributed by atoms with van der Waals surface area (Å²) in [6.45, 7) is 0. The standard InChI is InChI=1S/C10H7BrClF3O2/c11-6-4(2-1-3-5(16)17)8(13)10(15)7(12)9(6)14/h1-3H2,(H,16,17). The summed E-state index contributed by atoms with van der Waals surface area (Å²) in [6.07, 6.45) is -0.229. The van der Waals surface area contributed by atoms with Crippen molar-refractivity contribution in [3.63, 3.8) is 0 Å². The Morgan fingerprint density at radius 1 is 1.24 bits per heavy atom. The van der Waals surface area contributed by atoms with E-state index in [2.05, 4.69) is 15.9 Å². The van der Waals surface area contributed by atoms with Crippen LogP contribution in [0.5, 0.6) is 0 Å². The van der Waals surface area contributed by atoms with Gasteiger partial charge >= 0.3 is 5.97 Å². The van der Waals surface area contributed by atoms with Crippen LogP contribution in [0.3, 0.4) is 0 Å². The third-order valence-corrected chi connectivity index (χ3v) is 3.28. The van der Waals surface area contributed by atoms with Crippen molar-refractivity contribution in [2.45, 2.75) is 19.3 Å². The van der Waals surface area contributed by atoms with E-state index in [-0.39, 0.29) is 29.3 Å². The number of rotatable bonds is 4. The van der Waals surface area contributed by atoms with Gasteiger partial charge in [-0.05, 0) is 28.8 Å². The molecule has 0 bridgehead atoms. The van der Waals surface area contributed by atoms with E-state index in [1.165, 1.54) is 0 Å². The molecule has 1 N–H and O–H groups in total. The van der Waals surface area contributed by atoms with Crippen molar-refractivity contribution in [3.05, 3.63) is 32.5 Å². The number of carbonyl (C=O) groups is 1. The van der Waals surface area contributed by atoms with Crippen molar-refractivity contribution in [2.75, 3.05) is 0 Å². The molecule has 1 aromatic carbocycles. The molecule has 1 rings (SSSR count). The Hall–Kier alpha value is -0.750. The van der Waals surface area contributed by atoms with Crippen LogP contribution in [0.15, 0.2) is 4.47 Å². The second kappa shape index (κ2) is 5.73. The molecule has 1 aromatic rings. The predicted molar refractivity (Wildman–Crippen MR) is 59.6 cm³/mol. The maximum atomic E-state index is 13.4. The molecule has 0 amide bonds. The zero-order valence-corrected chi connectivity index (χ0v) is 10.7. The maximum absolute atomic E-state index is 13.4. The fourth-order valence-electron chi connectivity index (χ4n) is 1.29. The molecular weight excluding hydrogens is 324 g/mol. The first-order valence-corrected chi connectivity index (χ1v) is 5.75. The number of benzene rings is 1. The van der Waals surface area contributed by atoms with Gasteiger partial charge in [-0.3, -0.25) is 4.79 Å². The predicted octanol–water partition coefficient (Wildman–Crippen LogP) is 3.93. The van der Waals surface area contributed by atoms with E-state index in [9.17, 15) is 18.0 Å². The normalized spacial score (nSPS) is 10.6. The number of carboxylic acids is 1. The molecule has 0 unspecified atom stereocenters. The van der Waals surface area contributed by atoms with E-state index in [1.807, 2.05) is 0 Å². The molecular formula is C10H7BrClF3O2. The van der Waals surface area contributed by atoms with Gasteiger partial charge in [0.2, 0.25) is 0 Å². The molecule has 0 aliphatic carbocycles. The van der Waals surface area contributed by atoms with Crippen molar-refractivity contribution < 1.29 is 23.1 Å². The van der Waals surface area contributed by atoms with Gasteiger partial charge < -0.3 is 5.11 Å². The lowest BCUT2D eigenvalue weighted by Gasteiger charge is -2.09. The van der Waals surface area contributed by atoms with E-state index >= 15 is 0 Å². The Bertz CT molecular complexity index is 436. The van der Waals surface area contributed by atoms with Crippen molar-refractivity contribution in [3.8, 4) is 0 Å². The molecule has 17 heavy (non-hydrogen) atoms. The molecule has 0 aliphatic rings. The maximum Gasteiger partial charge on any atom is 0.303 e. The zero-order valence-electron chi connectivity index (χ0n) is 8.37. The van der Waals surface area contributed by atoms with Crippen LogP contribution < -0.4 is 0 Å². The van der Waals surface area contributed by atoms with E-state index < -0.39 is 28.4 Å². The first-order chi connectivity index (χ1) is 7.86. The second-order valence-electron chi connectivity index (χ2n) is 3.30. The van der Waals surface area contributed by atoms with E-state index in [0.29, 0.717) is 0 Å². The molecule has 7 heteroatoms. The lowest BCUT2D eigenvalue weighted by atomic mass is 10.1. The van der Waals surface area contributed by atoms with Gasteiger partial charge in [-0.1, -0.05) is 11.6 Å². The number of hydrogen-bond donors (Lipinski definition) is 1. The minimum atomic E-state index is -1.46. The van der Waals surface area contributed by atoms with Crippen molar-refractivity contribution in [2.24, 2.45) is 0 Å². The summed E-state index contributed by atoms with van der Waals surface area (Å²) in [6, 6.07) is 0. The molecule has 0 spiro atoms. The first-order valence-electron chi connectivity index (χ1n) is 4.58. The highest BCUT2D eigenvalue weighted by atomic mass is 79.9. The quantitative estimate of drug-likeness (QED) is 0.670. The fourth-order valence-corrected chi connectivity index (χ4v) is 2.15. The molecule has 94 valence electrons. The van der Waals surface area contributed by atoms with Crippen LogP contribution in [0.4, 0.5) is 13.2 Å². The second-order valence-corrected chi connectivity index (χ2v) is 4.47. The highest BCUT2D eigenvalue weighted by Gasteiger charge is 2.22. The Labute approximate surface area is 109 Å². The molecule has 0 saturated heterocycles. The van der Waals surface area contributed by atoms with Crippen molar-refractivity contribution in [1.82, 2.24) is 0 Å². The van der Waals surface area contributed by atoms with Gasteiger partial charge in [0.15, 0.2) is 17.5 Å². The molecule has 0 radical (unpaired) electrons. The topological polar surface area (TPSA) is 37.3 Å². The summed E-state index contributed by atoms with van der Waals surface area (Å²) in [5, 5.41) is 7.49. The van der Waals surface area contributed by atoms with Gasteiger partial charge in [0, 0.05) is 12.0 Å². The Morgan fingerprint density at radius 2 is 1.82 bits per heavy atom. The molecule has 2 nitrogen and oxygen atoms in total. The SMILES string of the molecule is O=C(O)CCCc1c(F)c(F)c(Cl)c(F)c1Br. The van der Waals surface area contributed by atoms with Crippen LogP contribution in [0, 0.1) is 17.5 Å². The van der Waals surface area contributed by atoms with E-state index in [0.717, 1.165) is 0 Å². The third-order valence-electron chi connectivity index (χ3n) is 2.12. The monoisotopic (exact) mass is 330 g/mol. The molecule has 0 atom stereocenters. The average Bonchev–Trinajstić information content (AvgIpc) is 2.28. The number of carboxylic acid groups (broad SMARTS) is 1. The third kappa shape index (κ3) is 3.13. The summed E-state index contributed by atoms with van der Waals surface area (Å²) < 4.78 is 39.6. The summed E-state index contributed by atoms with van der Waals surface area (Å²) in [4.78, 5) is 10.3. The van der Waals surface area contributed by atoms with Crippen LogP contribution in [0.25, 0.3) is 0 Å². The number of aliphatic carboxylic acids is 1. The molecule has 0 heterocycles. The van der Waals surface area contributed by atoms with Gasteiger partial charge in [-0.2, -0.15) is 0 Å². The largest absolute Gasteiger partial charge is 0.481 e. The lowest BCUT2D eigenvalue weighted by molar-refractivity contribution is -0.137. The van der Waals surface area contributed by atoms with E-state index in [1.54, 1.807) is 0 Å². The lowest BCUT2D eigenvalue weighted by Crippen LogP contribution is -2.03. The van der Waals surface area contributed by atoms with Gasteiger partial charge in [0.1, 0.15) is 5.02 Å². The van der Waals surface area contributed by atoms with Gasteiger partial charge in [-0.15, -0.1) is 0 Å². The smallest absolute Gasteiger partial charge is 0.303 e. The highest BCUT2D eigenvalue weighted by Crippen LogP contribution is 2.33. The number of hydrogen-bond acceptors (Lipinski definition) is 1. The summed E-state index contributed by atoms with van der Waals surface area (Å²) in [7, 11) is 0. The Morgan fingerprint density at radius 3 is 2.35 bits per heavy atom. The first kappa shape index (κ1) is 14.3. The highest BCUT2D eigenvalue weighted by molar-refractivity contribution is 9.10. The van der Waals surface area contributed by atoms with Gasteiger partial charge in [0.05, 0.1) is 4.47 Å². The zero-order chi connectivity index (χ0) is 13.2. The molecule has 0 aromatic heterocycles. The molecule has 0 aliphatic heterocycles. The minimum absolute atomic E-state index is 0.0748. The fraction of sp³-hybridized carbons (Fsp3) is 0.300. The Balaban J connectivity index is 3.03. The van der Waals surface area contributed by atoms with Crippen molar-refractivity contribution >= 4 is 33.5 Å². The molecule has 0 fully saturated rings. The Kier molecular flexibility index (Phi) is 4.82. The van der Waals surface area contributed by atoms with Gasteiger partial charge in [-0.25, -0.2) is 13.2 Å². The number of halogens is 5. The summed E-state index contributed by atoms with van der Waals surface area (Å²) in [5.74, 6) is -4.86. The average molecular weight is 332 g/mol. The van der Waals surface area contributed by atoms with Crippen molar-refractivity contribution in [1.29, 1.82) is 0 Å². The van der Waals surface area contributed by atoms with Crippen LogP contribution in [-0.2, 0) is 11.2 Å². The van der Waals surface area contributed by atoms with Crippen LogP contribution in [0.2, 0.25) is 5.02 Å². The van der Waals surface area contributed by atoms with E-state index in [4.69, 9.17) is 16.7 Å². The minimum Gasteiger partial charge on any atom is -0.481 e. The van der Waals surface area contributed by atoms with Crippen LogP contribution in [0.1, 0.15) is 18.4 Å².